The van der Waals surface area contributed by atoms with Gasteiger partial charge in [0.05, 0.1) is 13.0 Å². The first-order valence-electron chi connectivity index (χ1n) is 5.28. The number of hydrogen-bond acceptors (Lipinski definition) is 3. The monoisotopic (exact) mass is 184 g/mol. The van der Waals surface area contributed by atoms with Gasteiger partial charge in [0, 0.05) is 0 Å². The summed E-state index contributed by atoms with van der Waals surface area (Å²) in [5.41, 5.74) is -0.447. The Balaban J connectivity index is 2.12. The van der Waals surface area contributed by atoms with Crippen LogP contribution in [0.5, 0.6) is 0 Å². The lowest BCUT2D eigenvalue weighted by Gasteiger charge is -2.06. The van der Waals surface area contributed by atoms with Crippen molar-refractivity contribution >= 4 is 5.90 Å². The minimum absolute atomic E-state index is 0.187. The summed E-state index contributed by atoms with van der Waals surface area (Å²) in [7, 11) is 0. The predicted octanol–water partition coefficient (Wildman–Crippen LogP) is 1.62. The summed E-state index contributed by atoms with van der Waals surface area (Å²) in [5.74, 6) is 0.916. The Morgan fingerprint density at radius 1 is 1.62 bits per heavy atom. The van der Waals surface area contributed by atoms with Crippen LogP contribution in [0.1, 0.15) is 29.1 Å². The molecule has 2 atom stereocenters. The Labute approximate surface area is 80.5 Å². The van der Waals surface area contributed by atoms with E-state index < -0.39 is 11.7 Å². The van der Waals surface area contributed by atoms with Crippen LogP contribution in [-0.4, -0.2) is 30.2 Å². The summed E-state index contributed by atoms with van der Waals surface area (Å²) < 4.78 is 18.7. The van der Waals surface area contributed by atoms with Gasteiger partial charge in [-0.1, -0.05) is 13.8 Å². The zero-order valence-electron chi connectivity index (χ0n) is 9.63. The van der Waals surface area contributed by atoms with Gasteiger partial charge in [-0.05, 0) is 19.8 Å². The average molecular weight is 184 g/mol. The number of epoxide rings is 1. The lowest BCUT2D eigenvalue weighted by atomic mass is 10.1. The predicted molar refractivity (Wildman–Crippen MR) is 51.0 cm³/mol. The van der Waals surface area contributed by atoms with Gasteiger partial charge in [-0.3, -0.25) is 0 Å². The van der Waals surface area contributed by atoms with E-state index in [1.807, 2.05) is 13.8 Å². The van der Waals surface area contributed by atoms with Crippen molar-refractivity contribution in [2.24, 2.45) is 10.9 Å². The Kier molecular flexibility index (Phi) is 1.62. The van der Waals surface area contributed by atoms with E-state index in [9.17, 15) is 0 Å². The van der Waals surface area contributed by atoms with E-state index >= 15 is 0 Å². The molecule has 0 N–H and O–H groups in total. The van der Waals surface area contributed by atoms with Crippen molar-refractivity contribution in [2.45, 2.75) is 45.4 Å². The molecule has 2 rings (SSSR count). The van der Waals surface area contributed by atoms with Crippen LogP contribution in [0, 0.1) is 5.92 Å². The van der Waals surface area contributed by atoms with E-state index in [-0.39, 0.29) is 6.04 Å². The third-order valence-electron chi connectivity index (χ3n) is 2.50. The molecule has 1 fully saturated rings. The molecule has 74 valence electrons. The molecule has 3 nitrogen and oxygen atoms in total. The van der Waals surface area contributed by atoms with Gasteiger partial charge in [0.1, 0.15) is 6.61 Å². The normalized spacial score (nSPS) is 42.7. The number of ether oxygens (including phenoxy) is 2. The van der Waals surface area contributed by atoms with Gasteiger partial charge >= 0.3 is 0 Å². The van der Waals surface area contributed by atoms with Gasteiger partial charge in [-0.2, -0.15) is 0 Å². The van der Waals surface area contributed by atoms with Crippen molar-refractivity contribution in [2.75, 3.05) is 6.61 Å². The van der Waals surface area contributed by atoms with E-state index in [0.717, 1.165) is 0 Å². The molecule has 0 aromatic heterocycles. The molecule has 0 saturated carbocycles. The quantitative estimate of drug-likeness (QED) is 0.611. The minimum Gasteiger partial charge on any atom is -0.477 e. The molecule has 2 aliphatic heterocycles. The maximum absolute atomic E-state index is 8.00. The van der Waals surface area contributed by atoms with E-state index in [1.54, 1.807) is 0 Å². The maximum atomic E-state index is 8.00. The smallest absolute Gasteiger partial charge is 0.216 e. The second-order valence-corrected chi connectivity index (χ2v) is 4.50. The second kappa shape index (κ2) is 2.71. The topological polar surface area (TPSA) is 34.1 Å². The summed E-state index contributed by atoms with van der Waals surface area (Å²) in [6.45, 7) is 8.57. The van der Waals surface area contributed by atoms with Gasteiger partial charge in [0.25, 0.3) is 0 Å². The van der Waals surface area contributed by atoms with Crippen LogP contribution < -0.4 is 0 Å². The second-order valence-electron chi connectivity index (χ2n) is 4.50. The van der Waals surface area contributed by atoms with Crippen LogP contribution in [-0.2, 0) is 9.47 Å². The van der Waals surface area contributed by atoms with E-state index in [1.165, 1.54) is 0 Å². The number of aliphatic imine (C=N–C) groups is 1. The fourth-order valence-electron chi connectivity index (χ4n) is 1.39. The van der Waals surface area contributed by atoms with Crippen molar-refractivity contribution in [3.63, 3.8) is 0 Å². The molecule has 2 aliphatic rings. The van der Waals surface area contributed by atoms with Gasteiger partial charge < -0.3 is 9.47 Å². The molecule has 0 bridgehead atoms. The average Bonchev–Trinajstić information content (AvgIpc) is 2.53. The Morgan fingerprint density at radius 2 is 2.23 bits per heavy atom. The van der Waals surface area contributed by atoms with Crippen molar-refractivity contribution in [3.05, 3.63) is 0 Å². The molecule has 0 unspecified atom stereocenters. The molecule has 0 amide bonds. The van der Waals surface area contributed by atoms with Crippen LogP contribution in [0.25, 0.3) is 0 Å². The van der Waals surface area contributed by atoms with Crippen LogP contribution in [0.2, 0.25) is 0 Å². The molecule has 1 saturated heterocycles. The SMILES string of the molecule is [2H][C@]1(C2=N[C@@H](C(C)C)CO2)OC1(C)C. The Bertz CT molecular complexity index is 288. The highest BCUT2D eigenvalue weighted by Crippen LogP contribution is 2.38. The number of rotatable bonds is 2. The minimum atomic E-state index is -1.03. The zero-order valence-corrected chi connectivity index (χ0v) is 8.63. The molecule has 0 aromatic carbocycles. The Morgan fingerprint density at radius 3 is 2.62 bits per heavy atom. The number of nitrogens with zero attached hydrogens (tertiary/aromatic N) is 1. The molecular formula is C10H17NO2. The third-order valence-corrected chi connectivity index (χ3v) is 2.50. The molecule has 0 aromatic rings. The van der Waals surface area contributed by atoms with Crippen LogP contribution >= 0.6 is 0 Å². The van der Waals surface area contributed by atoms with E-state index in [2.05, 4.69) is 18.8 Å². The Hall–Kier alpha value is -0.570. The molecule has 2 heterocycles. The first kappa shape index (κ1) is 7.80. The first-order chi connectivity index (χ1) is 6.37. The molecular weight excluding hydrogens is 166 g/mol. The fraction of sp³-hybridized carbons (Fsp3) is 0.900. The summed E-state index contributed by atoms with van der Waals surface area (Å²) in [6, 6.07) is 0.187. The molecule has 13 heavy (non-hydrogen) atoms. The van der Waals surface area contributed by atoms with E-state index in [0.29, 0.717) is 18.4 Å². The zero-order chi connectivity index (χ0) is 10.6. The van der Waals surface area contributed by atoms with Crippen LogP contribution in [0.4, 0.5) is 0 Å². The van der Waals surface area contributed by atoms with Crippen molar-refractivity contribution in [1.82, 2.24) is 0 Å². The van der Waals surface area contributed by atoms with Crippen molar-refractivity contribution < 1.29 is 10.8 Å². The van der Waals surface area contributed by atoms with Gasteiger partial charge in [0.2, 0.25) is 5.90 Å². The van der Waals surface area contributed by atoms with Crippen molar-refractivity contribution in [1.29, 1.82) is 0 Å². The molecule has 0 radical (unpaired) electrons. The summed E-state index contributed by atoms with van der Waals surface area (Å²) >= 11 is 0. The standard InChI is InChI=1S/C10H17NO2/c1-6(2)7-5-12-9(11-7)8-10(3,4)13-8/h6-8H,5H2,1-4H3/t7-,8-/m1/s1/i8D. The summed E-state index contributed by atoms with van der Waals surface area (Å²) in [4.78, 5) is 4.40. The molecule has 0 aliphatic carbocycles. The first-order valence-corrected chi connectivity index (χ1v) is 4.78. The highest BCUT2D eigenvalue weighted by Gasteiger charge is 2.53. The van der Waals surface area contributed by atoms with Gasteiger partial charge in [-0.25, -0.2) is 4.99 Å². The largest absolute Gasteiger partial charge is 0.477 e. The third kappa shape index (κ3) is 1.57. The highest BCUT2D eigenvalue weighted by atomic mass is 16.6. The van der Waals surface area contributed by atoms with Crippen LogP contribution in [0.3, 0.4) is 0 Å². The highest BCUT2D eigenvalue weighted by molar-refractivity contribution is 5.86. The summed E-state index contributed by atoms with van der Waals surface area (Å²) in [6.07, 6.45) is -1.03. The molecule has 3 heteroatoms. The van der Waals surface area contributed by atoms with E-state index in [4.69, 9.17) is 10.8 Å². The van der Waals surface area contributed by atoms with Crippen LogP contribution in [0.15, 0.2) is 4.99 Å². The van der Waals surface area contributed by atoms with Crippen molar-refractivity contribution in [3.8, 4) is 0 Å². The lowest BCUT2D eigenvalue weighted by Crippen LogP contribution is -2.15. The fourth-order valence-corrected chi connectivity index (χ4v) is 1.39. The maximum Gasteiger partial charge on any atom is 0.216 e. The summed E-state index contributed by atoms with van der Waals surface area (Å²) in [5, 5.41) is 0. The molecule has 0 spiro atoms. The lowest BCUT2D eigenvalue weighted by molar-refractivity contribution is 0.275. The van der Waals surface area contributed by atoms with Gasteiger partial charge in [-0.15, -0.1) is 0 Å². The number of hydrogen-bond donors (Lipinski definition) is 0. The van der Waals surface area contributed by atoms with Gasteiger partial charge in [0.15, 0.2) is 6.08 Å².